The van der Waals surface area contributed by atoms with Crippen LogP contribution in [-0.4, -0.2) is 11.3 Å². The van der Waals surface area contributed by atoms with Gasteiger partial charge in [0.15, 0.2) is 6.21 Å². The van der Waals surface area contributed by atoms with Crippen molar-refractivity contribution in [1.82, 2.24) is 5.43 Å². The zero-order valence-electron chi connectivity index (χ0n) is 11.2. The third kappa shape index (κ3) is 5.06. The zero-order valence-corrected chi connectivity index (χ0v) is 12.7. The van der Waals surface area contributed by atoms with Gasteiger partial charge in [0.05, 0.1) is 0 Å². The van der Waals surface area contributed by atoms with Crippen molar-refractivity contribution in [1.29, 1.82) is 0 Å². The Balaban J connectivity index is 1.92. The lowest BCUT2D eigenvalue weighted by atomic mass is 10.2. The number of thiocarbonyl (C=S) groups is 1. The molecule has 0 saturated heterocycles. The van der Waals surface area contributed by atoms with Crippen molar-refractivity contribution < 1.29 is 9.84 Å². The van der Waals surface area contributed by atoms with E-state index in [-0.39, 0.29) is 5.11 Å². The average Bonchev–Trinajstić information content (AvgIpc) is 2.47. The summed E-state index contributed by atoms with van der Waals surface area (Å²) in [4.78, 5) is 0. The monoisotopic (exact) mass is 320 g/mol. The van der Waals surface area contributed by atoms with E-state index in [1.807, 2.05) is 48.5 Å². The molecule has 0 aromatic heterocycles. The molecular formula is C15H15ClN3OS+. The number of halogens is 1. The Kier molecular flexibility index (Phi) is 5.54. The fourth-order valence-corrected chi connectivity index (χ4v) is 1.88. The van der Waals surface area contributed by atoms with E-state index in [1.54, 1.807) is 6.21 Å². The summed E-state index contributed by atoms with van der Waals surface area (Å²) < 4.78 is 5.70. The first-order chi connectivity index (χ1) is 10.1. The lowest BCUT2D eigenvalue weighted by Gasteiger charge is -2.07. The number of hydrazone groups is 1. The van der Waals surface area contributed by atoms with E-state index in [0.717, 1.165) is 16.9 Å². The second kappa shape index (κ2) is 7.61. The minimum absolute atomic E-state index is 0.186. The average molecular weight is 321 g/mol. The second-order valence-corrected chi connectivity index (χ2v) is 5.07. The molecule has 0 aliphatic carbocycles. The Morgan fingerprint density at radius 1 is 1.24 bits per heavy atom. The van der Waals surface area contributed by atoms with Crippen LogP contribution in [0, 0.1) is 0 Å². The van der Waals surface area contributed by atoms with Crippen LogP contribution in [0.5, 0.6) is 5.75 Å². The smallest absolute Gasteiger partial charge is 0.221 e. The Morgan fingerprint density at radius 2 is 1.95 bits per heavy atom. The molecule has 2 aromatic carbocycles. The second-order valence-electron chi connectivity index (χ2n) is 4.23. The number of ether oxygens (including phenoxy) is 1. The molecule has 2 aromatic rings. The van der Waals surface area contributed by atoms with Gasteiger partial charge in [-0.3, -0.25) is 0 Å². The van der Waals surface area contributed by atoms with Crippen molar-refractivity contribution in [2.75, 3.05) is 0 Å². The van der Waals surface area contributed by atoms with E-state index in [9.17, 15) is 0 Å². The van der Waals surface area contributed by atoms with Crippen LogP contribution >= 0.6 is 23.8 Å². The highest BCUT2D eigenvalue weighted by atomic mass is 35.5. The summed E-state index contributed by atoms with van der Waals surface area (Å²) in [6, 6.07) is 15.2. The third-order valence-electron chi connectivity index (χ3n) is 2.67. The summed E-state index contributed by atoms with van der Waals surface area (Å²) in [7, 11) is 0. The minimum atomic E-state index is 0.186. The maximum Gasteiger partial charge on any atom is 0.221 e. The lowest BCUT2D eigenvalue weighted by molar-refractivity contribution is -0.499. The molecule has 4 N–H and O–H groups in total. The van der Waals surface area contributed by atoms with Gasteiger partial charge in [0.25, 0.3) is 0 Å². The van der Waals surface area contributed by atoms with Gasteiger partial charge in [0, 0.05) is 16.1 Å². The molecule has 2 rings (SSSR count). The minimum Gasteiger partial charge on any atom is -0.489 e. The molecule has 0 heterocycles. The largest absolute Gasteiger partial charge is 0.489 e. The highest BCUT2D eigenvalue weighted by Gasteiger charge is 2.01. The summed E-state index contributed by atoms with van der Waals surface area (Å²) in [6.45, 7) is 0.435. The number of hydrogen-bond acceptors (Lipinski definition) is 2. The van der Waals surface area contributed by atoms with Gasteiger partial charge in [0.1, 0.15) is 12.4 Å². The Hall–Kier alpha value is -2.11. The molecule has 0 bridgehead atoms. The molecule has 0 fully saturated rings. The van der Waals surface area contributed by atoms with Crippen LogP contribution in [-0.2, 0) is 6.61 Å². The van der Waals surface area contributed by atoms with Crippen molar-refractivity contribution in [3.63, 3.8) is 0 Å². The molecule has 0 saturated carbocycles. The number of benzene rings is 2. The van der Waals surface area contributed by atoms with Crippen molar-refractivity contribution in [3.8, 4) is 5.75 Å². The summed E-state index contributed by atoms with van der Waals surface area (Å²) in [6.07, 6.45) is 1.75. The van der Waals surface area contributed by atoms with E-state index in [2.05, 4.69) is 22.7 Å². The van der Waals surface area contributed by atoms with Gasteiger partial charge in [0.2, 0.25) is 5.11 Å². The molecule has 6 heteroatoms. The van der Waals surface area contributed by atoms with Crippen molar-refractivity contribution in [2.45, 2.75) is 6.61 Å². The molecular weight excluding hydrogens is 306 g/mol. The van der Waals surface area contributed by atoms with E-state index in [0.29, 0.717) is 11.6 Å². The molecule has 0 unspecified atom stereocenters. The first-order valence-corrected chi connectivity index (χ1v) is 7.04. The third-order valence-corrected chi connectivity index (χ3v) is 3.14. The SMILES string of the molecule is NC(=S)N[NH+]=Cc1ccc(OCc2ccccc2Cl)cc1. The van der Waals surface area contributed by atoms with Gasteiger partial charge in [-0.25, -0.2) is 0 Å². The fraction of sp³-hybridized carbons (Fsp3) is 0.0667. The van der Waals surface area contributed by atoms with Crippen molar-refractivity contribution in [2.24, 2.45) is 5.73 Å². The Labute approximate surface area is 133 Å². The lowest BCUT2D eigenvalue weighted by Crippen LogP contribution is -2.82. The fourth-order valence-electron chi connectivity index (χ4n) is 1.63. The van der Waals surface area contributed by atoms with Crippen LogP contribution in [0.15, 0.2) is 48.5 Å². The Morgan fingerprint density at radius 3 is 2.62 bits per heavy atom. The summed E-state index contributed by atoms with van der Waals surface area (Å²) in [5.74, 6) is 0.773. The highest BCUT2D eigenvalue weighted by Crippen LogP contribution is 2.18. The number of hydrazine groups is 1. The normalized spacial score (nSPS) is 10.5. The first-order valence-electron chi connectivity index (χ1n) is 6.25. The maximum atomic E-state index is 6.08. The van der Waals surface area contributed by atoms with Gasteiger partial charge in [-0.2, -0.15) is 0 Å². The highest BCUT2D eigenvalue weighted by molar-refractivity contribution is 7.80. The van der Waals surface area contributed by atoms with Crippen molar-refractivity contribution >= 4 is 35.1 Å². The van der Waals surface area contributed by atoms with Gasteiger partial charge >= 0.3 is 0 Å². The molecule has 21 heavy (non-hydrogen) atoms. The van der Waals surface area contributed by atoms with Gasteiger partial charge in [-0.1, -0.05) is 29.8 Å². The maximum absolute atomic E-state index is 6.08. The van der Waals surface area contributed by atoms with Crippen LogP contribution in [0.2, 0.25) is 5.02 Å². The van der Waals surface area contributed by atoms with Crippen LogP contribution in [0.3, 0.4) is 0 Å². The molecule has 0 spiro atoms. The van der Waals surface area contributed by atoms with Gasteiger partial charge in [-0.05, 0) is 42.5 Å². The quantitative estimate of drug-likeness (QED) is 0.440. The van der Waals surface area contributed by atoms with Crippen LogP contribution in [0.1, 0.15) is 11.1 Å². The van der Waals surface area contributed by atoms with Crippen LogP contribution < -0.4 is 21.0 Å². The molecule has 4 nitrogen and oxygen atoms in total. The van der Waals surface area contributed by atoms with E-state index in [1.165, 1.54) is 0 Å². The zero-order chi connectivity index (χ0) is 15.1. The van der Waals surface area contributed by atoms with Gasteiger partial charge < -0.3 is 10.5 Å². The van der Waals surface area contributed by atoms with E-state index >= 15 is 0 Å². The molecule has 0 radical (unpaired) electrons. The molecule has 108 valence electrons. The number of hydrogen-bond donors (Lipinski definition) is 3. The predicted octanol–water partition coefficient (Wildman–Crippen LogP) is 1.17. The summed E-state index contributed by atoms with van der Waals surface area (Å²) in [5.41, 5.74) is 9.83. The molecule has 0 atom stereocenters. The van der Waals surface area contributed by atoms with Crippen LogP contribution in [0.4, 0.5) is 0 Å². The molecule has 0 amide bonds. The first kappa shape index (κ1) is 15.3. The molecule has 0 aliphatic rings. The topological polar surface area (TPSA) is 61.2 Å². The summed E-state index contributed by atoms with van der Waals surface area (Å²) in [5, 5.41) is 3.68. The predicted molar refractivity (Wildman–Crippen MR) is 88.3 cm³/mol. The number of nitrogens with two attached hydrogens (primary N) is 1. The Bertz CT molecular complexity index is 644. The number of rotatable bonds is 5. The van der Waals surface area contributed by atoms with Gasteiger partial charge in [-0.15, -0.1) is 10.5 Å². The van der Waals surface area contributed by atoms with Crippen molar-refractivity contribution in [3.05, 3.63) is 64.7 Å². The van der Waals surface area contributed by atoms with E-state index in [4.69, 9.17) is 22.1 Å². The molecule has 0 aliphatic heterocycles. The standard InChI is InChI=1S/C15H14ClN3OS/c16-14-4-2-1-3-12(14)10-20-13-7-5-11(6-8-13)9-18-19-15(17)21/h1-9H,10H2,(H3,17,19,21)/p+1. The van der Waals surface area contributed by atoms with E-state index < -0.39 is 0 Å². The summed E-state index contributed by atoms with van der Waals surface area (Å²) >= 11 is 10.8. The van der Waals surface area contributed by atoms with Crippen LogP contribution in [0.25, 0.3) is 0 Å². The number of nitrogens with one attached hydrogen (secondary N) is 2.